The molecule has 0 N–H and O–H groups in total. The number of halogens is 1. The van der Waals surface area contributed by atoms with Crippen molar-refractivity contribution in [3.05, 3.63) is 45.9 Å². The first-order valence-corrected chi connectivity index (χ1v) is 10.2. The minimum absolute atomic E-state index is 0.00715. The molecular weight excluding hydrogens is 384 g/mol. The van der Waals surface area contributed by atoms with Gasteiger partial charge in [0.05, 0.1) is 5.69 Å². The molecule has 0 atom stereocenters. The Morgan fingerprint density at radius 2 is 1.85 bits per heavy atom. The molecule has 1 saturated heterocycles. The van der Waals surface area contributed by atoms with Crippen molar-refractivity contribution in [1.82, 2.24) is 14.8 Å². The molecule has 0 unspecified atom stereocenters. The second-order valence-corrected chi connectivity index (χ2v) is 7.73. The van der Waals surface area contributed by atoms with Gasteiger partial charge in [-0.25, -0.2) is 4.98 Å². The molecule has 6 nitrogen and oxygen atoms in total. The molecule has 1 aromatic heterocycles. The first-order chi connectivity index (χ1) is 13.0. The Bertz CT molecular complexity index is 800. The number of aromatic nitrogens is 1. The van der Waals surface area contributed by atoms with Crippen LogP contribution in [0.25, 0.3) is 0 Å². The molecule has 2 aromatic rings. The number of hydrogen-bond donors (Lipinski definition) is 0. The van der Waals surface area contributed by atoms with Crippen molar-refractivity contribution < 1.29 is 9.59 Å². The van der Waals surface area contributed by atoms with Gasteiger partial charge < -0.3 is 4.90 Å². The number of benzene rings is 1. The third kappa shape index (κ3) is 4.86. The van der Waals surface area contributed by atoms with Gasteiger partial charge in [-0.2, -0.15) is 0 Å². The molecule has 0 saturated carbocycles. The summed E-state index contributed by atoms with van der Waals surface area (Å²) in [6.45, 7) is 7.83. The van der Waals surface area contributed by atoms with Gasteiger partial charge in [-0.15, -0.1) is 11.3 Å². The van der Waals surface area contributed by atoms with Gasteiger partial charge in [0.2, 0.25) is 5.91 Å². The Labute approximate surface area is 168 Å². The topological polar surface area (TPSA) is 56.8 Å². The van der Waals surface area contributed by atoms with Crippen LogP contribution in [-0.2, 0) is 11.3 Å². The fourth-order valence-corrected chi connectivity index (χ4v) is 4.15. The highest BCUT2D eigenvalue weighted by molar-refractivity contribution is 7.14. The molecule has 2 heterocycles. The molecule has 144 valence electrons. The molecule has 2 amide bonds. The Morgan fingerprint density at radius 1 is 1.19 bits per heavy atom. The highest BCUT2D eigenvalue weighted by Gasteiger charge is 2.23. The number of carbonyl (C=O) groups is 2. The predicted molar refractivity (Wildman–Crippen MR) is 108 cm³/mol. The van der Waals surface area contributed by atoms with Crippen molar-refractivity contribution in [2.45, 2.75) is 20.4 Å². The van der Waals surface area contributed by atoms with Crippen molar-refractivity contribution >= 4 is 39.9 Å². The summed E-state index contributed by atoms with van der Waals surface area (Å²) in [6, 6.07) is 7.02. The van der Waals surface area contributed by atoms with Gasteiger partial charge in [-0.05, 0) is 31.2 Å². The van der Waals surface area contributed by atoms with E-state index in [1.807, 2.05) is 17.2 Å². The third-order valence-electron chi connectivity index (χ3n) is 4.60. The van der Waals surface area contributed by atoms with E-state index in [1.165, 1.54) is 11.3 Å². The van der Waals surface area contributed by atoms with Crippen LogP contribution in [-0.4, -0.2) is 59.3 Å². The Kier molecular flexibility index (Phi) is 6.46. The van der Waals surface area contributed by atoms with Crippen molar-refractivity contribution in [1.29, 1.82) is 0 Å². The number of amides is 2. The maximum absolute atomic E-state index is 12.6. The van der Waals surface area contributed by atoms with Crippen molar-refractivity contribution in [2.75, 3.05) is 37.6 Å². The maximum atomic E-state index is 12.6. The van der Waals surface area contributed by atoms with Crippen LogP contribution in [0, 0.1) is 0 Å². The van der Waals surface area contributed by atoms with Crippen LogP contribution < -0.4 is 4.90 Å². The monoisotopic (exact) mass is 406 g/mol. The lowest BCUT2D eigenvalue weighted by Crippen LogP contribution is -2.48. The lowest BCUT2D eigenvalue weighted by atomic mass is 10.2. The zero-order chi connectivity index (χ0) is 19.4. The van der Waals surface area contributed by atoms with Gasteiger partial charge in [0.15, 0.2) is 5.13 Å². The van der Waals surface area contributed by atoms with E-state index in [4.69, 9.17) is 11.6 Å². The van der Waals surface area contributed by atoms with Crippen molar-refractivity contribution in [3.63, 3.8) is 0 Å². The predicted octanol–water partition coefficient (Wildman–Crippen LogP) is 3.13. The Balaban J connectivity index is 1.54. The van der Waals surface area contributed by atoms with Crippen LogP contribution in [0.1, 0.15) is 29.9 Å². The SMILES string of the molecule is CCN(C(C)=O)c1nc(CN2CCN(C(=O)c3ccc(Cl)cc3)CC2)cs1. The molecule has 0 aliphatic carbocycles. The van der Waals surface area contributed by atoms with E-state index in [2.05, 4.69) is 9.88 Å². The second kappa shape index (κ2) is 8.82. The van der Waals surface area contributed by atoms with Crippen LogP contribution >= 0.6 is 22.9 Å². The molecule has 1 aliphatic heterocycles. The summed E-state index contributed by atoms with van der Waals surface area (Å²) in [5, 5.41) is 3.38. The number of anilines is 1. The summed E-state index contributed by atoms with van der Waals surface area (Å²) in [6.07, 6.45) is 0. The number of hydrogen-bond acceptors (Lipinski definition) is 5. The van der Waals surface area contributed by atoms with E-state index in [9.17, 15) is 9.59 Å². The average Bonchev–Trinajstić information content (AvgIpc) is 3.10. The molecule has 0 spiro atoms. The number of carbonyl (C=O) groups excluding carboxylic acids is 2. The van der Waals surface area contributed by atoms with Gasteiger partial charge in [0.25, 0.3) is 5.91 Å². The quantitative estimate of drug-likeness (QED) is 0.765. The van der Waals surface area contributed by atoms with Crippen LogP contribution in [0.2, 0.25) is 5.02 Å². The van der Waals surface area contributed by atoms with E-state index in [0.29, 0.717) is 30.2 Å². The molecule has 27 heavy (non-hydrogen) atoms. The highest BCUT2D eigenvalue weighted by Crippen LogP contribution is 2.22. The summed E-state index contributed by atoms with van der Waals surface area (Å²) in [7, 11) is 0. The lowest BCUT2D eigenvalue weighted by Gasteiger charge is -2.34. The first-order valence-electron chi connectivity index (χ1n) is 8.97. The number of rotatable bonds is 5. The summed E-state index contributed by atoms with van der Waals surface area (Å²) >= 11 is 7.38. The van der Waals surface area contributed by atoms with Gasteiger partial charge >= 0.3 is 0 Å². The van der Waals surface area contributed by atoms with E-state index in [-0.39, 0.29) is 11.8 Å². The average molecular weight is 407 g/mol. The minimum atomic E-state index is 0.00715. The number of piperazine rings is 1. The van der Waals surface area contributed by atoms with E-state index in [1.54, 1.807) is 36.1 Å². The van der Waals surface area contributed by atoms with Gasteiger partial charge in [0.1, 0.15) is 0 Å². The van der Waals surface area contributed by atoms with Gasteiger partial charge in [0, 0.05) is 62.2 Å². The van der Waals surface area contributed by atoms with Gasteiger partial charge in [-0.3, -0.25) is 19.4 Å². The van der Waals surface area contributed by atoms with Crippen molar-refractivity contribution in [3.8, 4) is 0 Å². The molecule has 0 radical (unpaired) electrons. The maximum Gasteiger partial charge on any atom is 0.253 e. The molecule has 0 bridgehead atoms. The fraction of sp³-hybridized carbons (Fsp3) is 0.421. The lowest BCUT2D eigenvalue weighted by molar-refractivity contribution is -0.116. The van der Waals surface area contributed by atoms with E-state index >= 15 is 0 Å². The zero-order valence-corrected chi connectivity index (χ0v) is 17.1. The standard InChI is InChI=1S/C19H23ClN4O2S/c1-3-24(14(2)25)19-21-17(13-27-19)12-22-8-10-23(11-9-22)18(26)15-4-6-16(20)7-5-15/h4-7,13H,3,8-12H2,1-2H3. The second-order valence-electron chi connectivity index (χ2n) is 6.46. The molecule has 1 aromatic carbocycles. The molecular formula is C19H23ClN4O2S. The van der Waals surface area contributed by atoms with Gasteiger partial charge in [-0.1, -0.05) is 11.6 Å². The van der Waals surface area contributed by atoms with E-state index in [0.717, 1.165) is 30.5 Å². The molecule has 1 fully saturated rings. The van der Waals surface area contributed by atoms with Crippen LogP contribution in [0.5, 0.6) is 0 Å². The van der Waals surface area contributed by atoms with Crippen molar-refractivity contribution in [2.24, 2.45) is 0 Å². The number of nitrogens with zero attached hydrogens (tertiary/aromatic N) is 4. The summed E-state index contributed by atoms with van der Waals surface area (Å²) in [5.41, 5.74) is 1.63. The fourth-order valence-electron chi connectivity index (χ4n) is 3.10. The summed E-state index contributed by atoms with van der Waals surface area (Å²) < 4.78 is 0. The highest BCUT2D eigenvalue weighted by atomic mass is 35.5. The smallest absolute Gasteiger partial charge is 0.253 e. The molecule has 8 heteroatoms. The van der Waals surface area contributed by atoms with E-state index < -0.39 is 0 Å². The van der Waals surface area contributed by atoms with Crippen LogP contribution in [0.15, 0.2) is 29.6 Å². The van der Waals surface area contributed by atoms with Crippen LogP contribution in [0.3, 0.4) is 0 Å². The molecule has 3 rings (SSSR count). The minimum Gasteiger partial charge on any atom is -0.336 e. The summed E-state index contributed by atoms with van der Waals surface area (Å²) in [4.78, 5) is 34.7. The Morgan fingerprint density at radius 3 is 2.44 bits per heavy atom. The zero-order valence-electron chi connectivity index (χ0n) is 15.5. The largest absolute Gasteiger partial charge is 0.336 e. The number of thiazole rings is 1. The van der Waals surface area contributed by atoms with Crippen LogP contribution in [0.4, 0.5) is 5.13 Å². The summed E-state index contributed by atoms with van der Waals surface area (Å²) in [5.74, 6) is 0.0510. The first kappa shape index (κ1) is 19.8. The third-order valence-corrected chi connectivity index (χ3v) is 5.77. The molecule has 1 aliphatic rings. The Hall–Kier alpha value is -1.96. The normalized spacial score (nSPS) is 15.0.